The van der Waals surface area contributed by atoms with Gasteiger partial charge in [-0.25, -0.2) is 8.42 Å². The van der Waals surface area contributed by atoms with Gasteiger partial charge in [0.15, 0.2) is 9.84 Å². The third-order valence-corrected chi connectivity index (χ3v) is 3.56. The van der Waals surface area contributed by atoms with E-state index in [0.717, 1.165) is 11.8 Å². The van der Waals surface area contributed by atoms with Crippen molar-refractivity contribution in [1.82, 2.24) is 5.32 Å². The highest BCUT2D eigenvalue weighted by Gasteiger charge is 2.08. The summed E-state index contributed by atoms with van der Waals surface area (Å²) in [5, 5.41) is 2.34. The fourth-order valence-corrected chi connectivity index (χ4v) is 1.91. The molecule has 1 aromatic rings. The van der Waals surface area contributed by atoms with Crippen LogP contribution in [0.2, 0.25) is 0 Å². The largest absolute Gasteiger partial charge is 0.351 e. The number of thiol groups is 1. The van der Waals surface area contributed by atoms with Crippen LogP contribution < -0.4 is 5.32 Å². The van der Waals surface area contributed by atoms with Crippen molar-refractivity contribution in [2.75, 3.05) is 6.26 Å². The molecule has 0 saturated carbocycles. The molecule has 4 nitrogen and oxygen atoms in total. The van der Waals surface area contributed by atoms with Crippen molar-refractivity contribution >= 4 is 28.4 Å². The number of hydrogen-bond donors (Lipinski definition) is 2. The lowest BCUT2D eigenvalue weighted by Gasteiger charge is -2.07. The van der Waals surface area contributed by atoms with E-state index in [4.69, 9.17) is 0 Å². The molecule has 0 heterocycles. The molecule has 0 aromatic heterocycles. The van der Waals surface area contributed by atoms with Gasteiger partial charge >= 0.3 is 0 Å². The van der Waals surface area contributed by atoms with Crippen molar-refractivity contribution in [2.45, 2.75) is 23.6 Å². The zero-order valence-electron chi connectivity index (χ0n) is 9.67. The Morgan fingerprint density at radius 3 is 2.29 bits per heavy atom. The van der Waals surface area contributed by atoms with Gasteiger partial charge in [0, 0.05) is 12.8 Å². The Morgan fingerprint density at radius 2 is 1.88 bits per heavy atom. The maximum Gasteiger partial charge on any atom is 0.232 e. The predicted molar refractivity (Wildman–Crippen MR) is 69.8 cm³/mol. The molecule has 0 spiro atoms. The summed E-state index contributed by atoms with van der Waals surface area (Å²) in [5.41, 5.74) is 0.847. The smallest absolute Gasteiger partial charge is 0.232 e. The lowest BCUT2D eigenvalue weighted by atomic mass is 10.2. The van der Waals surface area contributed by atoms with Gasteiger partial charge in [-0.2, -0.15) is 12.6 Å². The molecule has 0 fully saturated rings. The zero-order chi connectivity index (χ0) is 13.1. The van der Waals surface area contributed by atoms with Gasteiger partial charge in [0.05, 0.1) is 10.1 Å². The van der Waals surface area contributed by atoms with Gasteiger partial charge in [-0.3, -0.25) is 4.79 Å². The van der Waals surface area contributed by atoms with Crippen molar-refractivity contribution in [3.8, 4) is 0 Å². The minimum Gasteiger partial charge on any atom is -0.351 e. The van der Waals surface area contributed by atoms with Crippen molar-refractivity contribution in [1.29, 1.82) is 0 Å². The van der Waals surface area contributed by atoms with E-state index in [-0.39, 0.29) is 16.1 Å². The van der Waals surface area contributed by atoms with Crippen molar-refractivity contribution in [3.05, 3.63) is 29.8 Å². The fraction of sp³-hybridized carbons (Fsp3) is 0.364. The monoisotopic (exact) mass is 273 g/mol. The van der Waals surface area contributed by atoms with E-state index in [1.165, 1.54) is 12.1 Å². The quantitative estimate of drug-likeness (QED) is 0.805. The van der Waals surface area contributed by atoms with Crippen molar-refractivity contribution in [3.63, 3.8) is 0 Å². The van der Waals surface area contributed by atoms with Crippen molar-refractivity contribution in [2.24, 2.45) is 0 Å². The average Bonchev–Trinajstić information content (AvgIpc) is 2.25. The van der Waals surface area contributed by atoms with Gasteiger partial charge in [-0.1, -0.05) is 12.1 Å². The van der Waals surface area contributed by atoms with Gasteiger partial charge in [0.2, 0.25) is 5.91 Å². The standard InChI is InChI=1S/C11H15NO3S2/c1-8(16)11(13)12-7-9-3-5-10(6-4-9)17(2,14)15/h3-6,8,16H,7H2,1-2H3,(H,12,13). The predicted octanol–water partition coefficient (Wildman–Crippen LogP) is 1.02. The van der Waals surface area contributed by atoms with E-state index in [1.54, 1.807) is 19.1 Å². The minimum atomic E-state index is -3.16. The SMILES string of the molecule is CC(S)C(=O)NCc1ccc(S(C)(=O)=O)cc1. The molecule has 17 heavy (non-hydrogen) atoms. The molecule has 1 unspecified atom stereocenters. The Bertz CT molecular complexity index is 492. The number of carbonyl (C=O) groups excluding carboxylic acids is 1. The highest BCUT2D eigenvalue weighted by molar-refractivity contribution is 7.90. The molecule has 1 N–H and O–H groups in total. The van der Waals surface area contributed by atoms with Crippen LogP contribution in [-0.4, -0.2) is 25.8 Å². The highest BCUT2D eigenvalue weighted by Crippen LogP contribution is 2.10. The fourth-order valence-electron chi connectivity index (χ4n) is 1.19. The van der Waals surface area contributed by atoms with E-state index in [1.807, 2.05) is 0 Å². The summed E-state index contributed by atoms with van der Waals surface area (Å²) in [7, 11) is -3.16. The Hall–Kier alpha value is -1.01. The van der Waals surface area contributed by atoms with Crippen LogP contribution in [-0.2, 0) is 21.2 Å². The molecule has 1 aromatic carbocycles. The van der Waals surface area contributed by atoms with Gasteiger partial charge in [-0.05, 0) is 24.6 Å². The second-order valence-corrected chi connectivity index (χ2v) is 6.60. The first kappa shape index (κ1) is 14.1. The zero-order valence-corrected chi connectivity index (χ0v) is 11.4. The topological polar surface area (TPSA) is 63.2 Å². The Balaban J connectivity index is 2.67. The number of nitrogens with one attached hydrogen (secondary N) is 1. The summed E-state index contributed by atoms with van der Waals surface area (Å²) < 4.78 is 22.4. The maximum atomic E-state index is 11.3. The van der Waals surface area contributed by atoms with Crippen LogP contribution in [0, 0.1) is 0 Å². The number of rotatable bonds is 4. The van der Waals surface area contributed by atoms with Crippen molar-refractivity contribution < 1.29 is 13.2 Å². The summed E-state index contributed by atoms with van der Waals surface area (Å²) in [6, 6.07) is 6.42. The number of benzene rings is 1. The molecule has 1 rings (SSSR count). The summed E-state index contributed by atoms with van der Waals surface area (Å²) in [5.74, 6) is -0.152. The number of carbonyl (C=O) groups is 1. The maximum absolute atomic E-state index is 11.3. The van der Waals surface area contributed by atoms with Crippen LogP contribution in [0.3, 0.4) is 0 Å². The third-order valence-electron chi connectivity index (χ3n) is 2.20. The number of hydrogen-bond acceptors (Lipinski definition) is 4. The molecular weight excluding hydrogens is 258 g/mol. The Labute approximate surface area is 107 Å². The first-order chi connectivity index (χ1) is 7.80. The Kier molecular flexibility index (Phi) is 4.59. The highest BCUT2D eigenvalue weighted by atomic mass is 32.2. The molecule has 0 aliphatic carbocycles. The summed E-state index contributed by atoms with van der Waals surface area (Å²) in [6.07, 6.45) is 1.16. The summed E-state index contributed by atoms with van der Waals surface area (Å²) in [6.45, 7) is 2.05. The molecule has 0 aliphatic heterocycles. The molecular formula is C11H15NO3S2. The third kappa shape index (κ3) is 4.40. The van der Waals surface area contributed by atoms with E-state index in [0.29, 0.717) is 6.54 Å². The van der Waals surface area contributed by atoms with Crippen LogP contribution >= 0.6 is 12.6 Å². The van der Waals surface area contributed by atoms with Crippen LogP contribution in [0.25, 0.3) is 0 Å². The normalized spacial score (nSPS) is 13.1. The van der Waals surface area contributed by atoms with Crippen LogP contribution in [0.1, 0.15) is 12.5 Å². The van der Waals surface area contributed by atoms with Crippen LogP contribution in [0.5, 0.6) is 0 Å². The molecule has 6 heteroatoms. The lowest BCUT2D eigenvalue weighted by Crippen LogP contribution is -2.29. The number of amides is 1. The van der Waals surface area contributed by atoms with Gasteiger partial charge < -0.3 is 5.32 Å². The van der Waals surface area contributed by atoms with E-state index >= 15 is 0 Å². The minimum absolute atomic E-state index is 0.152. The second kappa shape index (κ2) is 5.55. The summed E-state index contributed by atoms with van der Waals surface area (Å²) in [4.78, 5) is 11.5. The van der Waals surface area contributed by atoms with Gasteiger partial charge in [0.25, 0.3) is 0 Å². The van der Waals surface area contributed by atoms with E-state index in [9.17, 15) is 13.2 Å². The van der Waals surface area contributed by atoms with E-state index < -0.39 is 9.84 Å². The second-order valence-electron chi connectivity index (χ2n) is 3.81. The molecule has 0 aliphatic rings. The first-order valence-electron chi connectivity index (χ1n) is 5.05. The number of sulfone groups is 1. The molecule has 94 valence electrons. The average molecular weight is 273 g/mol. The summed E-state index contributed by atoms with van der Waals surface area (Å²) >= 11 is 4.00. The van der Waals surface area contributed by atoms with Gasteiger partial charge in [-0.15, -0.1) is 0 Å². The molecule has 0 bridgehead atoms. The molecule has 0 saturated heterocycles. The van der Waals surface area contributed by atoms with Crippen LogP contribution in [0.15, 0.2) is 29.2 Å². The lowest BCUT2D eigenvalue weighted by molar-refractivity contribution is -0.120. The molecule has 0 radical (unpaired) electrons. The molecule has 1 atom stereocenters. The molecule has 1 amide bonds. The van der Waals surface area contributed by atoms with Gasteiger partial charge in [0.1, 0.15) is 0 Å². The Morgan fingerprint density at radius 1 is 1.35 bits per heavy atom. The van der Waals surface area contributed by atoms with Crippen LogP contribution in [0.4, 0.5) is 0 Å². The van der Waals surface area contributed by atoms with E-state index in [2.05, 4.69) is 17.9 Å². The first-order valence-corrected chi connectivity index (χ1v) is 7.46.